The second-order valence-electron chi connectivity index (χ2n) is 8.39. The summed E-state index contributed by atoms with van der Waals surface area (Å²) in [7, 11) is 0. The van der Waals surface area contributed by atoms with Gasteiger partial charge >= 0.3 is 0 Å². The molecule has 7 nitrogen and oxygen atoms in total. The van der Waals surface area contributed by atoms with Crippen LogP contribution in [0.1, 0.15) is 61.5 Å². The van der Waals surface area contributed by atoms with Crippen LogP contribution in [0.25, 0.3) is 17.3 Å². The molecule has 158 valence electrons. The lowest BCUT2D eigenvalue weighted by atomic mass is 10.1. The molecule has 3 heterocycles. The van der Waals surface area contributed by atoms with Gasteiger partial charge in [0.2, 0.25) is 5.89 Å². The minimum atomic E-state index is 0.0974. The molecule has 1 fully saturated rings. The third-order valence-corrected chi connectivity index (χ3v) is 5.49. The van der Waals surface area contributed by atoms with Crippen LogP contribution in [-0.2, 0) is 6.42 Å². The first kappa shape index (κ1) is 20.3. The van der Waals surface area contributed by atoms with Crippen molar-refractivity contribution in [3.8, 4) is 17.3 Å². The Kier molecular flexibility index (Phi) is 5.97. The molecule has 0 radical (unpaired) electrons. The highest BCUT2D eigenvalue weighted by atomic mass is 16.4. The molecule has 0 spiro atoms. The van der Waals surface area contributed by atoms with Gasteiger partial charge in [0.25, 0.3) is 11.8 Å². The van der Waals surface area contributed by atoms with Gasteiger partial charge in [-0.05, 0) is 62.3 Å². The smallest absolute Gasteiger partial charge is 0.268 e. The molecule has 1 amide bonds. The number of likely N-dealkylation sites (tertiary alicyclic amines) is 1. The fourth-order valence-electron chi connectivity index (χ4n) is 3.81. The van der Waals surface area contributed by atoms with E-state index in [1.165, 1.54) is 6.42 Å². The molecule has 1 aliphatic rings. The molecule has 4 rings (SSSR count). The maximum absolute atomic E-state index is 13.0. The first-order chi connectivity index (χ1) is 14.5. The number of hydrogen-bond acceptors (Lipinski definition) is 5. The molecular weight excluding hydrogens is 378 g/mol. The van der Waals surface area contributed by atoms with Crippen molar-refractivity contribution in [1.82, 2.24) is 24.9 Å². The maximum atomic E-state index is 13.0. The van der Waals surface area contributed by atoms with Crippen LogP contribution in [0, 0.1) is 12.8 Å². The summed E-state index contributed by atoms with van der Waals surface area (Å²) in [5.41, 5.74) is 3.30. The van der Waals surface area contributed by atoms with E-state index in [1.54, 1.807) is 6.92 Å². The van der Waals surface area contributed by atoms with Crippen molar-refractivity contribution in [3.63, 3.8) is 0 Å². The minimum Gasteiger partial charge on any atom is -0.420 e. The van der Waals surface area contributed by atoms with Crippen LogP contribution in [0.5, 0.6) is 0 Å². The Hall–Kier alpha value is -2.96. The molecule has 3 aromatic rings. The Morgan fingerprint density at radius 2 is 1.93 bits per heavy atom. The standard InChI is InChI=1S/C23H29N5O2/c1-16(2)10-11-20-15-21(22-25-24-17(3)30-22)26-28(20)19-9-7-8-18(14-19)23(29)27-12-5-4-6-13-27/h7-9,14-16H,4-6,10-13H2,1-3H3. The van der Waals surface area contributed by atoms with Gasteiger partial charge in [-0.3, -0.25) is 4.79 Å². The Bertz CT molecular complexity index is 1010. The van der Waals surface area contributed by atoms with Crippen LogP contribution < -0.4 is 0 Å². The highest BCUT2D eigenvalue weighted by Crippen LogP contribution is 2.24. The summed E-state index contributed by atoms with van der Waals surface area (Å²) < 4.78 is 7.49. The van der Waals surface area contributed by atoms with Crippen LogP contribution >= 0.6 is 0 Å². The first-order valence-electron chi connectivity index (χ1n) is 10.8. The van der Waals surface area contributed by atoms with Gasteiger partial charge in [-0.15, -0.1) is 10.2 Å². The Balaban J connectivity index is 1.67. The number of piperidine rings is 1. The fourth-order valence-corrected chi connectivity index (χ4v) is 3.81. The van der Waals surface area contributed by atoms with Gasteiger partial charge in [0, 0.05) is 31.3 Å². The molecule has 0 N–H and O–H groups in total. The lowest BCUT2D eigenvalue weighted by Gasteiger charge is -2.26. The summed E-state index contributed by atoms with van der Waals surface area (Å²) in [5.74, 6) is 1.60. The Labute approximate surface area is 177 Å². The zero-order valence-electron chi connectivity index (χ0n) is 18.0. The monoisotopic (exact) mass is 407 g/mol. The number of carbonyl (C=O) groups excluding carboxylic acids is 1. The van der Waals surface area contributed by atoms with Crippen LogP contribution in [0.2, 0.25) is 0 Å². The summed E-state index contributed by atoms with van der Waals surface area (Å²) in [4.78, 5) is 14.9. The predicted molar refractivity (Wildman–Crippen MR) is 115 cm³/mol. The molecule has 1 saturated heterocycles. The fraction of sp³-hybridized carbons (Fsp3) is 0.478. The minimum absolute atomic E-state index is 0.0974. The van der Waals surface area contributed by atoms with E-state index in [9.17, 15) is 4.79 Å². The lowest BCUT2D eigenvalue weighted by Crippen LogP contribution is -2.35. The lowest BCUT2D eigenvalue weighted by molar-refractivity contribution is 0.0724. The van der Waals surface area contributed by atoms with E-state index in [4.69, 9.17) is 9.52 Å². The van der Waals surface area contributed by atoms with Gasteiger partial charge in [0.15, 0.2) is 0 Å². The molecule has 0 atom stereocenters. The first-order valence-corrected chi connectivity index (χ1v) is 10.8. The maximum Gasteiger partial charge on any atom is 0.268 e. The van der Waals surface area contributed by atoms with Gasteiger partial charge in [-0.25, -0.2) is 4.68 Å². The number of rotatable bonds is 6. The average molecular weight is 408 g/mol. The quantitative estimate of drug-likeness (QED) is 0.603. The van der Waals surface area contributed by atoms with Gasteiger partial charge in [-0.1, -0.05) is 19.9 Å². The van der Waals surface area contributed by atoms with Crippen molar-refractivity contribution in [3.05, 3.63) is 47.5 Å². The van der Waals surface area contributed by atoms with Gasteiger partial charge in [0.05, 0.1) is 5.69 Å². The topological polar surface area (TPSA) is 77.1 Å². The highest BCUT2D eigenvalue weighted by Gasteiger charge is 2.20. The summed E-state index contributed by atoms with van der Waals surface area (Å²) in [6.07, 6.45) is 5.28. The zero-order valence-corrected chi connectivity index (χ0v) is 18.0. The van der Waals surface area contributed by atoms with Crippen molar-refractivity contribution in [1.29, 1.82) is 0 Å². The van der Waals surface area contributed by atoms with Gasteiger partial charge in [0.1, 0.15) is 5.69 Å². The highest BCUT2D eigenvalue weighted by molar-refractivity contribution is 5.94. The van der Waals surface area contributed by atoms with E-state index in [-0.39, 0.29) is 5.91 Å². The summed E-state index contributed by atoms with van der Waals surface area (Å²) in [6.45, 7) is 7.86. The second-order valence-corrected chi connectivity index (χ2v) is 8.39. The average Bonchev–Trinajstić information content (AvgIpc) is 3.38. The number of carbonyl (C=O) groups is 1. The summed E-state index contributed by atoms with van der Waals surface area (Å²) >= 11 is 0. The van der Waals surface area contributed by atoms with Crippen molar-refractivity contribution in [2.75, 3.05) is 13.1 Å². The number of aromatic nitrogens is 4. The predicted octanol–water partition coefficient (Wildman–Crippen LogP) is 4.45. The third-order valence-electron chi connectivity index (χ3n) is 5.49. The molecule has 2 aromatic heterocycles. The van der Waals surface area contributed by atoms with Crippen molar-refractivity contribution in [2.24, 2.45) is 5.92 Å². The van der Waals surface area contributed by atoms with Gasteiger partial charge < -0.3 is 9.32 Å². The zero-order chi connectivity index (χ0) is 21.1. The number of hydrogen-bond donors (Lipinski definition) is 0. The number of amides is 1. The second kappa shape index (κ2) is 8.81. The molecule has 0 unspecified atom stereocenters. The van der Waals surface area contributed by atoms with Crippen LogP contribution in [0.3, 0.4) is 0 Å². The van der Waals surface area contributed by atoms with E-state index in [0.29, 0.717) is 29.0 Å². The van der Waals surface area contributed by atoms with Gasteiger partial charge in [-0.2, -0.15) is 5.10 Å². The normalized spacial score (nSPS) is 14.5. The number of aryl methyl sites for hydroxylation is 2. The Morgan fingerprint density at radius 1 is 1.13 bits per heavy atom. The van der Waals surface area contributed by atoms with Crippen LogP contribution in [0.4, 0.5) is 0 Å². The summed E-state index contributed by atoms with van der Waals surface area (Å²) in [5, 5.41) is 12.8. The molecule has 30 heavy (non-hydrogen) atoms. The molecule has 7 heteroatoms. The van der Waals surface area contributed by atoms with Crippen molar-refractivity contribution in [2.45, 2.75) is 52.9 Å². The van der Waals surface area contributed by atoms with E-state index < -0.39 is 0 Å². The van der Waals surface area contributed by atoms with E-state index in [1.807, 2.05) is 39.9 Å². The van der Waals surface area contributed by atoms with E-state index >= 15 is 0 Å². The van der Waals surface area contributed by atoms with Crippen LogP contribution in [0.15, 0.2) is 34.7 Å². The molecule has 1 aromatic carbocycles. The largest absolute Gasteiger partial charge is 0.420 e. The molecular formula is C23H29N5O2. The molecule has 1 aliphatic heterocycles. The SMILES string of the molecule is Cc1nnc(-c2cc(CCC(C)C)n(-c3cccc(C(=O)N4CCCCC4)c3)n2)o1. The van der Waals surface area contributed by atoms with Crippen LogP contribution in [-0.4, -0.2) is 43.9 Å². The van der Waals surface area contributed by atoms with Crippen molar-refractivity contribution < 1.29 is 9.21 Å². The van der Waals surface area contributed by atoms with E-state index in [2.05, 4.69) is 24.0 Å². The third kappa shape index (κ3) is 4.45. The Morgan fingerprint density at radius 3 is 2.63 bits per heavy atom. The number of nitrogens with zero attached hydrogens (tertiary/aromatic N) is 5. The van der Waals surface area contributed by atoms with Crippen molar-refractivity contribution >= 4 is 5.91 Å². The molecule has 0 bridgehead atoms. The number of benzene rings is 1. The van der Waals surface area contributed by atoms with E-state index in [0.717, 1.165) is 50.2 Å². The summed E-state index contributed by atoms with van der Waals surface area (Å²) in [6, 6.07) is 9.75. The molecule has 0 saturated carbocycles. The molecule has 0 aliphatic carbocycles.